The van der Waals surface area contributed by atoms with Crippen LogP contribution in [-0.2, 0) is 9.47 Å². The first-order valence-corrected chi connectivity index (χ1v) is 4.71. The average Bonchev–Trinajstić information content (AvgIpc) is 2.83. The Morgan fingerprint density at radius 1 is 1.46 bits per heavy atom. The molecule has 0 aromatic carbocycles. The number of nitrogens with one attached hydrogen (secondary N) is 1. The molecule has 0 spiro atoms. The van der Waals surface area contributed by atoms with E-state index in [0.717, 1.165) is 25.9 Å². The third kappa shape index (κ3) is 4.04. The van der Waals surface area contributed by atoms with Gasteiger partial charge in [0.2, 0.25) is 0 Å². The van der Waals surface area contributed by atoms with Crippen LogP contribution in [-0.4, -0.2) is 45.6 Å². The van der Waals surface area contributed by atoms with Crippen molar-refractivity contribution in [2.45, 2.75) is 24.5 Å². The summed E-state index contributed by atoms with van der Waals surface area (Å²) in [5.41, 5.74) is 5.99. The van der Waals surface area contributed by atoms with E-state index in [1.807, 2.05) is 0 Å². The van der Waals surface area contributed by atoms with Crippen LogP contribution in [0.3, 0.4) is 0 Å². The van der Waals surface area contributed by atoms with E-state index in [1.165, 1.54) is 0 Å². The molecule has 78 valence electrons. The summed E-state index contributed by atoms with van der Waals surface area (Å²) in [6.07, 6.45) is 2.41. The molecule has 0 radical (unpaired) electrons. The number of nitrogens with two attached hydrogens (primary N) is 1. The summed E-state index contributed by atoms with van der Waals surface area (Å²) in [6.45, 7) is 2.32. The van der Waals surface area contributed by atoms with Gasteiger partial charge in [-0.05, 0) is 12.8 Å². The van der Waals surface area contributed by atoms with Gasteiger partial charge in [0.05, 0.1) is 12.7 Å². The molecule has 4 nitrogen and oxygen atoms in total. The Bertz CT molecular complexity index is 149. The van der Waals surface area contributed by atoms with Crippen molar-refractivity contribution >= 4 is 0 Å². The van der Waals surface area contributed by atoms with Gasteiger partial charge in [0.25, 0.3) is 0 Å². The van der Waals surface area contributed by atoms with E-state index in [4.69, 9.17) is 15.2 Å². The molecule has 1 unspecified atom stereocenters. The lowest BCUT2D eigenvalue weighted by molar-refractivity contribution is 0.0288. The molecule has 4 heteroatoms. The molecule has 1 aliphatic carbocycles. The molecule has 0 bridgehead atoms. The maximum Gasteiger partial charge on any atom is 0.0928 e. The van der Waals surface area contributed by atoms with E-state index in [0.29, 0.717) is 6.61 Å². The summed E-state index contributed by atoms with van der Waals surface area (Å²) < 4.78 is 10.2. The fourth-order valence-electron chi connectivity index (χ4n) is 1.22. The van der Waals surface area contributed by atoms with Gasteiger partial charge in [0.15, 0.2) is 0 Å². The van der Waals surface area contributed by atoms with Crippen molar-refractivity contribution in [3.63, 3.8) is 0 Å². The van der Waals surface area contributed by atoms with Crippen molar-refractivity contribution in [3.05, 3.63) is 0 Å². The number of rotatable bonds is 7. The van der Waals surface area contributed by atoms with Crippen LogP contribution in [0.5, 0.6) is 0 Å². The molecule has 0 amide bonds. The molecule has 3 N–H and O–H groups in total. The van der Waals surface area contributed by atoms with E-state index < -0.39 is 0 Å². The Morgan fingerprint density at radius 3 is 2.62 bits per heavy atom. The molecule has 1 aliphatic rings. The molecule has 0 saturated heterocycles. The highest BCUT2D eigenvalue weighted by atomic mass is 16.5. The van der Waals surface area contributed by atoms with E-state index >= 15 is 0 Å². The Morgan fingerprint density at radius 2 is 2.15 bits per heavy atom. The van der Waals surface area contributed by atoms with Crippen molar-refractivity contribution in [3.8, 4) is 0 Å². The molecule has 13 heavy (non-hydrogen) atoms. The van der Waals surface area contributed by atoms with Crippen molar-refractivity contribution in [1.82, 2.24) is 5.32 Å². The zero-order valence-electron chi connectivity index (χ0n) is 8.51. The first kappa shape index (κ1) is 10.9. The van der Waals surface area contributed by atoms with Gasteiger partial charge in [-0.25, -0.2) is 0 Å². The summed E-state index contributed by atoms with van der Waals surface area (Å²) in [4.78, 5) is 0. The van der Waals surface area contributed by atoms with Crippen molar-refractivity contribution in [1.29, 1.82) is 0 Å². The number of ether oxygens (including phenoxy) is 2. The highest BCUT2D eigenvalue weighted by Gasteiger charge is 2.37. The Labute approximate surface area is 79.8 Å². The normalized spacial score (nSPS) is 21.5. The number of hydrogen-bond acceptors (Lipinski definition) is 4. The van der Waals surface area contributed by atoms with Crippen molar-refractivity contribution < 1.29 is 9.47 Å². The van der Waals surface area contributed by atoms with E-state index in [2.05, 4.69) is 5.32 Å². The second-order valence-corrected chi connectivity index (χ2v) is 3.81. The zero-order chi connectivity index (χ0) is 9.73. The zero-order valence-corrected chi connectivity index (χ0v) is 8.51. The fraction of sp³-hybridized carbons (Fsp3) is 1.00. The van der Waals surface area contributed by atoms with Crippen LogP contribution < -0.4 is 11.1 Å². The molecule has 1 atom stereocenters. The lowest BCUT2D eigenvalue weighted by atomic mass is 10.3. The van der Waals surface area contributed by atoms with Crippen LogP contribution in [0.4, 0.5) is 0 Å². The largest absolute Gasteiger partial charge is 0.382 e. The van der Waals surface area contributed by atoms with Gasteiger partial charge in [-0.15, -0.1) is 0 Å². The highest BCUT2D eigenvalue weighted by molar-refractivity contribution is 5.00. The molecule has 0 aliphatic heterocycles. The van der Waals surface area contributed by atoms with Crippen molar-refractivity contribution in [2.75, 3.05) is 33.9 Å². The third-order valence-electron chi connectivity index (χ3n) is 2.43. The van der Waals surface area contributed by atoms with E-state index in [1.54, 1.807) is 14.2 Å². The van der Waals surface area contributed by atoms with Crippen LogP contribution >= 0.6 is 0 Å². The summed E-state index contributed by atoms with van der Waals surface area (Å²) in [6, 6.07) is 0. The Balaban J connectivity index is 2.02. The summed E-state index contributed by atoms with van der Waals surface area (Å²) >= 11 is 0. The van der Waals surface area contributed by atoms with Gasteiger partial charge in [-0.1, -0.05) is 0 Å². The van der Waals surface area contributed by atoms with Crippen LogP contribution in [0.25, 0.3) is 0 Å². The summed E-state index contributed by atoms with van der Waals surface area (Å²) in [5.74, 6) is 0. The Kier molecular flexibility index (Phi) is 4.12. The SMILES string of the molecule is COCC(CNCC1(N)CC1)OC. The molecular weight excluding hydrogens is 168 g/mol. The fourth-order valence-corrected chi connectivity index (χ4v) is 1.22. The van der Waals surface area contributed by atoms with Gasteiger partial charge >= 0.3 is 0 Å². The minimum Gasteiger partial charge on any atom is -0.382 e. The maximum absolute atomic E-state index is 5.91. The smallest absolute Gasteiger partial charge is 0.0928 e. The first-order chi connectivity index (χ1) is 6.20. The van der Waals surface area contributed by atoms with Crippen molar-refractivity contribution in [2.24, 2.45) is 5.73 Å². The minimum atomic E-state index is 0.0748. The maximum atomic E-state index is 5.91. The van der Waals surface area contributed by atoms with Crippen LogP contribution in [0.15, 0.2) is 0 Å². The van der Waals surface area contributed by atoms with Crippen LogP contribution in [0.1, 0.15) is 12.8 Å². The third-order valence-corrected chi connectivity index (χ3v) is 2.43. The predicted molar refractivity (Wildman–Crippen MR) is 51.7 cm³/mol. The minimum absolute atomic E-state index is 0.0748. The molecule has 0 aromatic heterocycles. The van der Waals surface area contributed by atoms with E-state index in [-0.39, 0.29) is 11.6 Å². The molecule has 1 rings (SSSR count). The van der Waals surface area contributed by atoms with Gasteiger partial charge in [0.1, 0.15) is 0 Å². The van der Waals surface area contributed by atoms with Gasteiger partial charge in [-0.3, -0.25) is 0 Å². The molecule has 1 fully saturated rings. The average molecular weight is 188 g/mol. The van der Waals surface area contributed by atoms with Gasteiger partial charge in [0, 0.05) is 32.8 Å². The molecule has 0 heterocycles. The summed E-state index contributed by atoms with van der Waals surface area (Å²) in [7, 11) is 3.37. The first-order valence-electron chi connectivity index (χ1n) is 4.71. The molecule has 0 aromatic rings. The Hall–Kier alpha value is -0.160. The summed E-state index contributed by atoms with van der Waals surface area (Å²) in [5, 5.41) is 3.29. The van der Waals surface area contributed by atoms with Crippen LogP contribution in [0, 0.1) is 0 Å². The predicted octanol–water partition coefficient (Wildman–Crippen LogP) is -0.271. The van der Waals surface area contributed by atoms with E-state index in [9.17, 15) is 0 Å². The number of methoxy groups -OCH3 is 2. The highest BCUT2D eigenvalue weighted by Crippen LogP contribution is 2.30. The topological polar surface area (TPSA) is 56.5 Å². The standard InChI is InChI=1S/C9H20N2O2/c1-12-6-8(13-2)5-11-7-9(10)3-4-9/h8,11H,3-7,10H2,1-2H3. The molecule has 1 saturated carbocycles. The number of hydrogen-bond donors (Lipinski definition) is 2. The van der Waals surface area contributed by atoms with Crippen LogP contribution in [0.2, 0.25) is 0 Å². The molecular formula is C9H20N2O2. The van der Waals surface area contributed by atoms with Gasteiger partial charge < -0.3 is 20.5 Å². The second kappa shape index (κ2) is 4.91. The second-order valence-electron chi connectivity index (χ2n) is 3.81. The lowest BCUT2D eigenvalue weighted by Gasteiger charge is -2.16. The lowest BCUT2D eigenvalue weighted by Crippen LogP contribution is -2.40. The monoisotopic (exact) mass is 188 g/mol. The quantitative estimate of drug-likeness (QED) is 0.577. The van der Waals surface area contributed by atoms with Gasteiger partial charge in [-0.2, -0.15) is 0 Å².